The molecule has 0 bridgehead atoms. The summed E-state index contributed by atoms with van der Waals surface area (Å²) in [5.41, 5.74) is 1.83. The minimum absolute atomic E-state index is 0.269. The molecule has 0 saturated carbocycles. The number of benzene rings is 2. The summed E-state index contributed by atoms with van der Waals surface area (Å²) in [4.78, 5) is 0. The van der Waals surface area contributed by atoms with Crippen molar-refractivity contribution in [3.63, 3.8) is 0 Å². The summed E-state index contributed by atoms with van der Waals surface area (Å²) in [5, 5.41) is 10.8. The van der Waals surface area contributed by atoms with Gasteiger partial charge in [-0.25, -0.2) is 8.78 Å². The quantitative estimate of drug-likeness (QED) is 0.886. The maximum atomic E-state index is 13.7. The van der Waals surface area contributed by atoms with Crippen LogP contribution in [0.15, 0.2) is 36.4 Å². The molecule has 0 aromatic heterocycles. The SMILES string of the molecule is Cc1ccc(F)cc1CC1(O)CCc2c(F)cccc21. The zero-order valence-corrected chi connectivity index (χ0v) is 11.3. The second-order valence-electron chi connectivity index (χ2n) is 5.55. The van der Waals surface area contributed by atoms with Crippen LogP contribution in [0.4, 0.5) is 8.78 Å². The lowest BCUT2D eigenvalue weighted by atomic mass is 9.87. The van der Waals surface area contributed by atoms with Crippen molar-refractivity contribution in [3.8, 4) is 0 Å². The van der Waals surface area contributed by atoms with E-state index in [0.29, 0.717) is 30.4 Å². The molecule has 3 rings (SSSR count). The van der Waals surface area contributed by atoms with Gasteiger partial charge in [0.05, 0.1) is 5.60 Å². The second-order valence-corrected chi connectivity index (χ2v) is 5.55. The highest BCUT2D eigenvalue weighted by Gasteiger charge is 2.38. The Kier molecular flexibility index (Phi) is 3.09. The van der Waals surface area contributed by atoms with Gasteiger partial charge in [-0.3, -0.25) is 0 Å². The van der Waals surface area contributed by atoms with Crippen LogP contribution in [0.25, 0.3) is 0 Å². The van der Waals surface area contributed by atoms with E-state index < -0.39 is 5.60 Å². The van der Waals surface area contributed by atoms with Crippen molar-refractivity contribution in [2.45, 2.75) is 31.8 Å². The summed E-state index contributed by atoms with van der Waals surface area (Å²) in [6.45, 7) is 1.89. The van der Waals surface area contributed by atoms with E-state index in [1.165, 1.54) is 18.2 Å². The molecule has 1 atom stereocenters. The molecule has 2 aromatic carbocycles. The minimum atomic E-state index is -1.10. The van der Waals surface area contributed by atoms with Crippen molar-refractivity contribution in [2.75, 3.05) is 0 Å². The molecule has 2 aromatic rings. The number of rotatable bonds is 2. The first-order valence-corrected chi connectivity index (χ1v) is 6.75. The third kappa shape index (κ3) is 2.12. The van der Waals surface area contributed by atoms with Crippen molar-refractivity contribution in [3.05, 3.63) is 70.3 Å². The van der Waals surface area contributed by atoms with Crippen LogP contribution in [0.5, 0.6) is 0 Å². The van der Waals surface area contributed by atoms with Gasteiger partial charge in [0.1, 0.15) is 11.6 Å². The monoisotopic (exact) mass is 274 g/mol. The Bertz CT molecular complexity index is 666. The fourth-order valence-electron chi connectivity index (χ4n) is 3.04. The highest BCUT2D eigenvalue weighted by molar-refractivity contribution is 5.40. The Balaban J connectivity index is 2.00. The minimum Gasteiger partial charge on any atom is -0.385 e. The molecule has 20 heavy (non-hydrogen) atoms. The van der Waals surface area contributed by atoms with Crippen molar-refractivity contribution < 1.29 is 13.9 Å². The van der Waals surface area contributed by atoms with Gasteiger partial charge in [-0.2, -0.15) is 0 Å². The molecule has 1 aliphatic carbocycles. The fraction of sp³-hybridized carbons (Fsp3) is 0.294. The molecular formula is C17H16F2O. The predicted molar refractivity (Wildman–Crippen MR) is 73.5 cm³/mol. The molecule has 0 fully saturated rings. The summed E-state index contributed by atoms with van der Waals surface area (Å²) in [7, 11) is 0. The third-order valence-electron chi connectivity index (χ3n) is 4.20. The highest BCUT2D eigenvalue weighted by atomic mass is 19.1. The zero-order chi connectivity index (χ0) is 14.3. The van der Waals surface area contributed by atoms with Gasteiger partial charge in [-0.15, -0.1) is 0 Å². The highest BCUT2D eigenvalue weighted by Crippen LogP contribution is 2.40. The van der Waals surface area contributed by atoms with Crippen LogP contribution >= 0.6 is 0 Å². The second kappa shape index (κ2) is 4.67. The van der Waals surface area contributed by atoms with Crippen LogP contribution in [0, 0.1) is 18.6 Å². The average molecular weight is 274 g/mol. The summed E-state index contributed by atoms with van der Waals surface area (Å²) in [6, 6.07) is 9.35. The van der Waals surface area contributed by atoms with E-state index in [1.54, 1.807) is 18.2 Å². The van der Waals surface area contributed by atoms with E-state index >= 15 is 0 Å². The standard InChI is InChI=1S/C17H16F2O/c1-11-5-6-13(18)9-12(11)10-17(20)8-7-14-15(17)3-2-4-16(14)19/h2-6,9,20H,7-8,10H2,1H3. The molecular weight excluding hydrogens is 258 g/mol. The normalized spacial score (nSPS) is 21.0. The molecule has 0 radical (unpaired) electrons. The lowest BCUT2D eigenvalue weighted by Gasteiger charge is -2.25. The van der Waals surface area contributed by atoms with Gasteiger partial charge >= 0.3 is 0 Å². The van der Waals surface area contributed by atoms with E-state index in [1.807, 2.05) is 6.92 Å². The number of hydrogen-bond donors (Lipinski definition) is 1. The molecule has 0 heterocycles. The van der Waals surface area contributed by atoms with Crippen molar-refractivity contribution in [1.29, 1.82) is 0 Å². The van der Waals surface area contributed by atoms with Crippen molar-refractivity contribution in [2.24, 2.45) is 0 Å². The summed E-state index contributed by atoms with van der Waals surface area (Å²) < 4.78 is 27.1. The topological polar surface area (TPSA) is 20.2 Å². The van der Waals surface area contributed by atoms with Gasteiger partial charge < -0.3 is 5.11 Å². The molecule has 0 spiro atoms. The van der Waals surface area contributed by atoms with Crippen LogP contribution in [-0.2, 0) is 18.4 Å². The molecule has 0 amide bonds. The molecule has 1 N–H and O–H groups in total. The summed E-state index contributed by atoms with van der Waals surface area (Å²) in [6.07, 6.45) is 1.30. The maximum absolute atomic E-state index is 13.7. The molecule has 0 aliphatic heterocycles. The number of fused-ring (bicyclic) bond motifs is 1. The van der Waals surface area contributed by atoms with Crippen LogP contribution in [0.1, 0.15) is 28.7 Å². The van der Waals surface area contributed by atoms with E-state index in [9.17, 15) is 13.9 Å². The molecule has 104 valence electrons. The Morgan fingerprint density at radius 1 is 1.20 bits per heavy atom. The molecule has 1 nitrogen and oxygen atoms in total. The lowest BCUT2D eigenvalue weighted by molar-refractivity contribution is 0.0387. The van der Waals surface area contributed by atoms with E-state index in [-0.39, 0.29) is 11.6 Å². The average Bonchev–Trinajstić information content (AvgIpc) is 2.73. The van der Waals surface area contributed by atoms with Gasteiger partial charge in [-0.1, -0.05) is 18.2 Å². The van der Waals surface area contributed by atoms with Crippen LogP contribution in [0.2, 0.25) is 0 Å². The van der Waals surface area contributed by atoms with E-state index in [4.69, 9.17) is 0 Å². The van der Waals surface area contributed by atoms with Crippen LogP contribution in [0.3, 0.4) is 0 Å². The molecule has 1 aliphatic rings. The first-order valence-electron chi connectivity index (χ1n) is 6.75. The van der Waals surface area contributed by atoms with E-state index in [2.05, 4.69) is 0 Å². The van der Waals surface area contributed by atoms with E-state index in [0.717, 1.165) is 11.1 Å². The van der Waals surface area contributed by atoms with Gasteiger partial charge in [0.15, 0.2) is 0 Å². The first-order chi connectivity index (χ1) is 9.49. The molecule has 3 heteroatoms. The zero-order valence-electron chi connectivity index (χ0n) is 11.3. The maximum Gasteiger partial charge on any atom is 0.126 e. The Labute approximate surface area is 116 Å². The van der Waals surface area contributed by atoms with Crippen LogP contribution in [-0.4, -0.2) is 5.11 Å². The Morgan fingerprint density at radius 3 is 2.80 bits per heavy atom. The third-order valence-corrected chi connectivity index (χ3v) is 4.20. The fourth-order valence-corrected chi connectivity index (χ4v) is 3.04. The van der Waals surface area contributed by atoms with Crippen molar-refractivity contribution >= 4 is 0 Å². The lowest BCUT2D eigenvalue weighted by Crippen LogP contribution is -2.26. The smallest absolute Gasteiger partial charge is 0.126 e. The first kappa shape index (κ1) is 13.3. The van der Waals surface area contributed by atoms with Gasteiger partial charge in [0.25, 0.3) is 0 Å². The number of halogens is 2. The number of aryl methyl sites for hydroxylation is 1. The summed E-state index contributed by atoms with van der Waals surface area (Å²) in [5.74, 6) is -0.582. The largest absolute Gasteiger partial charge is 0.385 e. The van der Waals surface area contributed by atoms with Gasteiger partial charge in [-0.05, 0) is 60.2 Å². The predicted octanol–water partition coefficient (Wildman–Crippen LogP) is 3.65. The molecule has 0 saturated heterocycles. The van der Waals surface area contributed by atoms with Crippen molar-refractivity contribution in [1.82, 2.24) is 0 Å². The van der Waals surface area contributed by atoms with Crippen LogP contribution < -0.4 is 0 Å². The van der Waals surface area contributed by atoms with Gasteiger partial charge in [0.2, 0.25) is 0 Å². The number of aliphatic hydroxyl groups is 1. The summed E-state index contributed by atoms with van der Waals surface area (Å²) >= 11 is 0. The van der Waals surface area contributed by atoms with Gasteiger partial charge in [0, 0.05) is 6.42 Å². The molecule has 1 unspecified atom stereocenters. The Morgan fingerprint density at radius 2 is 2.00 bits per heavy atom. The Hall–Kier alpha value is -1.74. The number of hydrogen-bond acceptors (Lipinski definition) is 1.